The number of rotatable bonds is 16. The van der Waals surface area contributed by atoms with Gasteiger partial charge in [-0.25, -0.2) is 4.79 Å². The van der Waals surface area contributed by atoms with Gasteiger partial charge in [0.1, 0.15) is 18.1 Å². The fourth-order valence-corrected chi connectivity index (χ4v) is 2.64. The number of thiol groups is 1. The van der Waals surface area contributed by atoms with E-state index >= 15 is 0 Å². The third kappa shape index (κ3) is 12.3. The monoisotopic (exact) mass is 493 g/mol. The Hall–Kier alpha value is -3.40. The molecule has 0 heterocycles. The van der Waals surface area contributed by atoms with E-state index in [1.807, 2.05) is 0 Å². The highest BCUT2D eigenvalue weighted by Crippen LogP contribution is 2.04. The minimum atomic E-state index is -1.54. The average Bonchev–Trinajstić information content (AvgIpc) is 2.70. The lowest BCUT2D eigenvalue weighted by molar-refractivity contribution is -0.143. The number of carbonyl (C=O) groups is 7. The Morgan fingerprint density at radius 1 is 0.727 bits per heavy atom. The molecule has 0 aliphatic rings. The maximum Gasteiger partial charge on any atom is 0.326 e. The van der Waals surface area contributed by atoms with Gasteiger partial charge in [0.05, 0.1) is 12.5 Å². The summed E-state index contributed by atoms with van der Waals surface area (Å²) in [7, 11) is 0. The predicted octanol–water partition coefficient (Wildman–Crippen LogP) is -3.61. The number of aliphatic carboxylic acids is 3. The van der Waals surface area contributed by atoms with Crippen LogP contribution in [0.3, 0.4) is 0 Å². The second kappa shape index (κ2) is 14.6. The molecule has 0 saturated heterocycles. The molecule has 0 radical (unpaired) electrons. The first-order valence-corrected chi connectivity index (χ1v) is 10.1. The standard InChI is InChI=1S/C17H27N5O10S/c18-7(5-13(26)27)14(28)22-10(6-33)16(30)20-8(2-4-12(24)25)15(29)21-9(17(31)32)1-3-11(19)23/h7-10,33H,1-6,18H2,(H2,19,23)(H,20,30)(H,21,29)(H,22,28)(H,24,25)(H,26,27)(H,31,32). The highest BCUT2D eigenvalue weighted by molar-refractivity contribution is 7.80. The zero-order chi connectivity index (χ0) is 25.7. The molecule has 4 amide bonds. The van der Waals surface area contributed by atoms with Crippen molar-refractivity contribution in [2.45, 2.75) is 56.3 Å². The van der Waals surface area contributed by atoms with Crippen LogP contribution in [-0.2, 0) is 33.6 Å². The molecule has 15 nitrogen and oxygen atoms in total. The fourth-order valence-electron chi connectivity index (χ4n) is 2.38. The molecule has 0 aromatic rings. The Kier molecular flexibility index (Phi) is 13.1. The normalized spacial score (nSPS) is 14.1. The van der Waals surface area contributed by atoms with E-state index in [9.17, 15) is 38.7 Å². The maximum absolute atomic E-state index is 12.5. The number of hydrogen-bond donors (Lipinski definition) is 9. The lowest BCUT2D eigenvalue weighted by Gasteiger charge is -2.24. The van der Waals surface area contributed by atoms with Crippen molar-refractivity contribution in [2.24, 2.45) is 11.5 Å². The van der Waals surface area contributed by atoms with Crippen LogP contribution >= 0.6 is 12.6 Å². The van der Waals surface area contributed by atoms with Gasteiger partial charge in [-0.1, -0.05) is 0 Å². The second-order valence-corrected chi connectivity index (χ2v) is 7.21. The molecule has 0 aliphatic carbocycles. The molecule has 0 bridgehead atoms. The number of nitrogens with one attached hydrogen (secondary N) is 3. The van der Waals surface area contributed by atoms with Gasteiger partial charge in [0, 0.05) is 18.6 Å². The van der Waals surface area contributed by atoms with E-state index in [1.54, 1.807) is 0 Å². The van der Waals surface area contributed by atoms with Gasteiger partial charge in [0.15, 0.2) is 0 Å². The molecule has 0 aliphatic heterocycles. The van der Waals surface area contributed by atoms with E-state index in [0.29, 0.717) is 0 Å². The number of carboxylic acids is 3. The van der Waals surface area contributed by atoms with Crippen LogP contribution in [0.1, 0.15) is 32.1 Å². The van der Waals surface area contributed by atoms with Gasteiger partial charge in [-0.3, -0.25) is 28.8 Å². The summed E-state index contributed by atoms with van der Waals surface area (Å²) in [6.07, 6.45) is -2.40. The number of carbonyl (C=O) groups excluding carboxylic acids is 4. The third-order valence-corrected chi connectivity index (χ3v) is 4.49. The fraction of sp³-hybridized carbons (Fsp3) is 0.588. The Bertz CT molecular complexity index is 777. The van der Waals surface area contributed by atoms with Crippen molar-refractivity contribution in [1.29, 1.82) is 0 Å². The van der Waals surface area contributed by atoms with Crippen LogP contribution in [0, 0.1) is 0 Å². The molecule has 4 unspecified atom stereocenters. The lowest BCUT2D eigenvalue weighted by atomic mass is 10.1. The molecule has 0 aromatic carbocycles. The van der Waals surface area contributed by atoms with Crippen molar-refractivity contribution in [2.75, 3.05) is 5.75 Å². The molecule has 10 N–H and O–H groups in total. The first-order chi connectivity index (χ1) is 15.3. The van der Waals surface area contributed by atoms with E-state index in [-0.39, 0.29) is 18.6 Å². The summed E-state index contributed by atoms with van der Waals surface area (Å²) < 4.78 is 0. The second-order valence-electron chi connectivity index (χ2n) is 6.85. The molecular weight excluding hydrogens is 466 g/mol. The number of carboxylic acid groups (broad SMARTS) is 3. The molecule has 0 aromatic heterocycles. The van der Waals surface area contributed by atoms with Crippen molar-refractivity contribution in [3.63, 3.8) is 0 Å². The van der Waals surface area contributed by atoms with Crippen molar-refractivity contribution in [3.05, 3.63) is 0 Å². The zero-order valence-electron chi connectivity index (χ0n) is 17.4. The molecule has 0 spiro atoms. The van der Waals surface area contributed by atoms with Crippen LogP contribution in [-0.4, -0.2) is 86.8 Å². The largest absolute Gasteiger partial charge is 0.481 e. The van der Waals surface area contributed by atoms with Gasteiger partial charge in [0.2, 0.25) is 23.6 Å². The van der Waals surface area contributed by atoms with Crippen molar-refractivity contribution in [1.82, 2.24) is 16.0 Å². The molecule has 0 fully saturated rings. The number of primary amides is 1. The van der Waals surface area contributed by atoms with E-state index in [1.165, 1.54) is 0 Å². The van der Waals surface area contributed by atoms with Gasteiger partial charge >= 0.3 is 17.9 Å². The smallest absolute Gasteiger partial charge is 0.326 e. The van der Waals surface area contributed by atoms with E-state index < -0.39 is 85.0 Å². The van der Waals surface area contributed by atoms with Crippen LogP contribution in [0.4, 0.5) is 0 Å². The van der Waals surface area contributed by atoms with Gasteiger partial charge in [-0.05, 0) is 12.8 Å². The van der Waals surface area contributed by atoms with Crippen molar-refractivity contribution < 1.29 is 48.9 Å². The first kappa shape index (κ1) is 29.6. The number of amides is 4. The van der Waals surface area contributed by atoms with E-state index in [4.69, 9.17) is 21.7 Å². The van der Waals surface area contributed by atoms with Crippen molar-refractivity contribution in [3.8, 4) is 0 Å². The molecule has 16 heteroatoms. The maximum atomic E-state index is 12.5. The van der Waals surface area contributed by atoms with Crippen LogP contribution in [0.2, 0.25) is 0 Å². The highest BCUT2D eigenvalue weighted by atomic mass is 32.1. The first-order valence-electron chi connectivity index (χ1n) is 9.50. The molecular formula is C17H27N5O10S. The van der Waals surface area contributed by atoms with Crippen LogP contribution in [0.15, 0.2) is 0 Å². The Morgan fingerprint density at radius 3 is 1.67 bits per heavy atom. The highest BCUT2D eigenvalue weighted by Gasteiger charge is 2.30. The minimum absolute atomic E-state index is 0.291. The summed E-state index contributed by atoms with van der Waals surface area (Å²) in [6.45, 7) is 0. The Morgan fingerprint density at radius 2 is 1.21 bits per heavy atom. The SMILES string of the molecule is NC(=O)CCC(NC(=O)C(CCC(=O)O)NC(=O)C(CS)NC(=O)C(N)CC(=O)O)C(=O)O. The summed E-state index contributed by atoms with van der Waals surface area (Å²) in [5.41, 5.74) is 10.4. The van der Waals surface area contributed by atoms with E-state index in [2.05, 4.69) is 28.6 Å². The topological polar surface area (TPSA) is 268 Å². The van der Waals surface area contributed by atoms with Crippen LogP contribution < -0.4 is 27.4 Å². The summed E-state index contributed by atoms with van der Waals surface area (Å²) in [5, 5.41) is 33.2. The predicted molar refractivity (Wildman–Crippen MR) is 113 cm³/mol. The van der Waals surface area contributed by atoms with Gasteiger partial charge in [0.25, 0.3) is 0 Å². The quantitative estimate of drug-likeness (QED) is 0.0947. The minimum Gasteiger partial charge on any atom is -0.481 e. The number of hydrogen-bond acceptors (Lipinski definition) is 9. The molecule has 186 valence electrons. The van der Waals surface area contributed by atoms with Gasteiger partial charge < -0.3 is 42.7 Å². The van der Waals surface area contributed by atoms with Crippen molar-refractivity contribution >= 4 is 54.2 Å². The lowest BCUT2D eigenvalue weighted by Crippen LogP contribution is -2.57. The summed E-state index contributed by atoms with van der Waals surface area (Å²) in [4.78, 5) is 80.7. The molecule has 4 atom stereocenters. The molecule has 0 rings (SSSR count). The van der Waals surface area contributed by atoms with Gasteiger partial charge in [-0.2, -0.15) is 12.6 Å². The van der Waals surface area contributed by atoms with Crippen LogP contribution in [0.25, 0.3) is 0 Å². The average molecular weight is 493 g/mol. The van der Waals surface area contributed by atoms with E-state index in [0.717, 1.165) is 0 Å². The molecule has 33 heavy (non-hydrogen) atoms. The zero-order valence-corrected chi connectivity index (χ0v) is 18.2. The summed E-state index contributed by atoms with van der Waals surface area (Å²) in [5.74, 6) is -8.23. The third-order valence-electron chi connectivity index (χ3n) is 4.12. The summed E-state index contributed by atoms with van der Waals surface area (Å²) >= 11 is 3.91. The molecule has 0 saturated carbocycles. The summed E-state index contributed by atoms with van der Waals surface area (Å²) in [6, 6.07) is -5.89. The Labute approximate surface area is 193 Å². The number of nitrogens with two attached hydrogens (primary N) is 2. The van der Waals surface area contributed by atoms with Crippen LogP contribution in [0.5, 0.6) is 0 Å². The van der Waals surface area contributed by atoms with Gasteiger partial charge in [-0.15, -0.1) is 0 Å². The Balaban J connectivity index is 5.36.